The molecule has 1 aromatic carbocycles. The minimum absolute atomic E-state index is 0.205. The Morgan fingerprint density at radius 1 is 1.20 bits per heavy atom. The number of aryl methyl sites for hydroxylation is 1. The van der Waals surface area contributed by atoms with E-state index in [0.29, 0.717) is 32.4 Å². The van der Waals surface area contributed by atoms with Gasteiger partial charge in [0.1, 0.15) is 16.8 Å². The third-order valence-corrected chi connectivity index (χ3v) is 3.47. The monoisotopic (exact) mass is 331 g/mol. The van der Waals surface area contributed by atoms with Gasteiger partial charge >= 0.3 is 0 Å². The molecule has 0 aliphatic carbocycles. The van der Waals surface area contributed by atoms with Crippen molar-refractivity contribution in [2.24, 2.45) is 0 Å². The highest BCUT2D eigenvalue weighted by atomic mass is 35.5. The van der Waals surface area contributed by atoms with Crippen LogP contribution in [0.15, 0.2) is 24.3 Å². The fraction of sp³-hybridized carbons (Fsp3) is 0.231. The number of benzene rings is 1. The number of rotatable bonds is 4. The molecule has 1 atom stereocenters. The Bertz CT molecular complexity index is 581. The van der Waals surface area contributed by atoms with Gasteiger partial charge in [-0.15, -0.1) is 0 Å². The molecule has 0 radical (unpaired) electrons. The molecule has 2 rings (SSSR count). The van der Waals surface area contributed by atoms with E-state index in [-0.39, 0.29) is 6.54 Å². The first-order valence-electron chi connectivity index (χ1n) is 5.84. The molecule has 1 unspecified atom stereocenters. The van der Waals surface area contributed by atoms with Crippen molar-refractivity contribution >= 4 is 40.6 Å². The zero-order valence-corrected chi connectivity index (χ0v) is 12.8. The van der Waals surface area contributed by atoms with E-state index < -0.39 is 6.10 Å². The van der Waals surface area contributed by atoms with E-state index in [9.17, 15) is 5.11 Å². The van der Waals surface area contributed by atoms with Crippen molar-refractivity contribution in [3.05, 3.63) is 50.9 Å². The summed E-state index contributed by atoms with van der Waals surface area (Å²) >= 11 is 17.9. The first kappa shape index (κ1) is 15.3. The molecule has 0 aliphatic heterocycles. The summed E-state index contributed by atoms with van der Waals surface area (Å²) in [7, 11) is 0. The van der Waals surface area contributed by atoms with Gasteiger partial charge in [-0.3, -0.25) is 0 Å². The average molecular weight is 333 g/mol. The molecule has 2 aromatic rings. The van der Waals surface area contributed by atoms with Crippen LogP contribution in [0.25, 0.3) is 0 Å². The second-order valence-corrected chi connectivity index (χ2v) is 5.36. The lowest BCUT2D eigenvalue weighted by Gasteiger charge is -2.15. The molecule has 7 heteroatoms. The van der Waals surface area contributed by atoms with Crippen molar-refractivity contribution < 1.29 is 5.11 Å². The fourth-order valence-corrected chi connectivity index (χ4v) is 2.63. The number of hydrogen-bond acceptors (Lipinski definition) is 4. The third-order valence-electron chi connectivity index (χ3n) is 2.62. The Morgan fingerprint density at radius 3 is 2.45 bits per heavy atom. The Hall–Kier alpha value is -1.07. The first-order valence-corrected chi connectivity index (χ1v) is 6.98. The predicted octanol–water partition coefficient (Wildman–Crippen LogP) is 3.89. The Kier molecular flexibility index (Phi) is 5.05. The molecule has 1 heterocycles. The summed E-state index contributed by atoms with van der Waals surface area (Å²) in [5.41, 5.74) is 0.486. The number of hydrogen-bond donors (Lipinski definition) is 2. The summed E-state index contributed by atoms with van der Waals surface area (Å²) in [6.07, 6.45) is -0.856. The lowest BCUT2D eigenvalue weighted by molar-refractivity contribution is 0.191. The highest BCUT2D eigenvalue weighted by molar-refractivity contribution is 6.36. The van der Waals surface area contributed by atoms with Crippen molar-refractivity contribution in [1.29, 1.82) is 0 Å². The minimum Gasteiger partial charge on any atom is -0.386 e. The van der Waals surface area contributed by atoms with E-state index in [1.165, 1.54) is 0 Å². The number of aliphatic hydroxyl groups is 1. The molecule has 1 aromatic heterocycles. The van der Waals surface area contributed by atoms with Gasteiger partial charge in [0.25, 0.3) is 0 Å². The van der Waals surface area contributed by atoms with Crippen LogP contribution < -0.4 is 5.32 Å². The van der Waals surface area contributed by atoms with Crippen LogP contribution in [0.3, 0.4) is 0 Å². The van der Waals surface area contributed by atoms with Gasteiger partial charge in [0.15, 0.2) is 0 Å². The van der Waals surface area contributed by atoms with Crippen LogP contribution in [-0.4, -0.2) is 21.6 Å². The summed E-state index contributed by atoms with van der Waals surface area (Å²) in [6, 6.07) is 6.66. The van der Waals surface area contributed by atoms with E-state index in [2.05, 4.69) is 15.3 Å². The molecule has 0 bridgehead atoms. The molecule has 20 heavy (non-hydrogen) atoms. The van der Waals surface area contributed by atoms with E-state index in [4.69, 9.17) is 34.8 Å². The first-order chi connectivity index (χ1) is 9.47. The van der Waals surface area contributed by atoms with Gasteiger partial charge in [0.2, 0.25) is 0 Å². The summed E-state index contributed by atoms with van der Waals surface area (Å²) < 4.78 is 0. The van der Waals surface area contributed by atoms with Crippen LogP contribution in [0.5, 0.6) is 0 Å². The lowest BCUT2D eigenvalue weighted by atomic mass is 10.1. The summed E-state index contributed by atoms with van der Waals surface area (Å²) in [6.45, 7) is 1.94. The van der Waals surface area contributed by atoms with Crippen molar-refractivity contribution in [1.82, 2.24) is 9.97 Å². The van der Waals surface area contributed by atoms with Crippen molar-refractivity contribution in [3.8, 4) is 0 Å². The summed E-state index contributed by atoms with van der Waals surface area (Å²) in [5, 5.41) is 14.3. The van der Waals surface area contributed by atoms with Gasteiger partial charge in [-0.2, -0.15) is 0 Å². The average Bonchev–Trinajstić information content (AvgIpc) is 2.35. The van der Waals surface area contributed by atoms with Crippen LogP contribution in [0.4, 0.5) is 5.82 Å². The van der Waals surface area contributed by atoms with Gasteiger partial charge in [-0.1, -0.05) is 40.9 Å². The minimum atomic E-state index is -0.856. The maximum Gasteiger partial charge on any atom is 0.134 e. The second-order valence-electron chi connectivity index (χ2n) is 4.16. The molecule has 0 amide bonds. The van der Waals surface area contributed by atoms with Crippen molar-refractivity contribution in [2.75, 3.05) is 11.9 Å². The van der Waals surface area contributed by atoms with E-state index in [1.807, 2.05) is 0 Å². The van der Waals surface area contributed by atoms with Crippen LogP contribution >= 0.6 is 34.8 Å². The molecule has 0 fully saturated rings. The number of aliphatic hydroxyl groups excluding tert-OH is 1. The van der Waals surface area contributed by atoms with Crippen LogP contribution in [-0.2, 0) is 0 Å². The van der Waals surface area contributed by atoms with E-state index in [1.54, 1.807) is 31.2 Å². The second kappa shape index (κ2) is 6.59. The molecule has 4 nitrogen and oxygen atoms in total. The molecule has 0 aliphatic rings. The maximum atomic E-state index is 10.2. The lowest BCUT2D eigenvalue weighted by Crippen LogP contribution is -2.14. The molecule has 106 valence electrons. The van der Waals surface area contributed by atoms with Crippen LogP contribution in [0.2, 0.25) is 15.2 Å². The topological polar surface area (TPSA) is 58.0 Å². The Labute approximate surface area is 131 Å². The zero-order chi connectivity index (χ0) is 14.7. The molecule has 0 spiro atoms. The highest BCUT2D eigenvalue weighted by Crippen LogP contribution is 2.30. The zero-order valence-electron chi connectivity index (χ0n) is 10.6. The van der Waals surface area contributed by atoms with E-state index >= 15 is 0 Å². The largest absolute Gasteiger partial charge is 0.386 e. The van der Waals surface area contributed by atoms with Gasteiger partial charge in [-0.05, 0) is 19.1 Å². The SMILES string of the molecule is Cc1nc(Cl)cc(NCC(O)c2c(Cl)cccc2Cl)n1. The van der Waals surface area contributed by atoms with Gasteiger partial charge < -0.3 is 10.4 Å². The fourth-order valence-electron chi connectivity index (χ4n) is 1.75. The number of halogens is 3. The summed E-state index contributed by atoms with van der Waals surface area (Å²) in [4.78, 5) is 8.12. The predicted molar refractivity (Wildman–Crippen MR) is 81.7 cm³/mol. The van der Waals surface area contributed by atoms with Gasteiger partial charge in [0.05, 0.1) is 6.10 Å². The van der Waals surface area contributed by atoms with Crippen LogP contribution in [0.1, 0.15) is 17.5 Å². The number of nitrogens with zero attached hydrogens (tertiary/aromatic N) is 2. The molecular formula is C13H12Cl3N3O. The molecule has 0 saturated carbocycles. The Balaban J connectivity index is 2.10. The number of nitrogens with one attached hydrogen (secondary N) is 1. The third kappa shape index (κ3) is 3.73. The maximum absolute atomic E-state index is 10.2. The molecular weight excluding hydrogens is 321 g/mol. The van der Waals surface area contributed by atoms with E-state index in [0.717, 1.165) is 0 Å². The number of anilines is 1. The van der Waals surface area contributed by atoms with Gasteiger partial charge in [-0.25, -0.2) is 9.97 Å². The smallest absolute Gasteiger partial charge is 0.134 e. The highest BCUT2D eigenvalue weighted by Gasteiger charge is 2.15. The quantitative estimate of drug-likeness (QED) is 0.834. The standard InChI is InChI=1S/C13H12Cl3N3O/c1-7-18-11(16)5-12(19-7)17-6-10(20)13-8(14)3-2-4-9(13)15/h2-5,10,20H,6H2,1H3,(H,17,18,19). The van der Waals surface area contributed by atoms with Crippen LogP contribution in [0, 0.1) is 6.92 Å². The normalized spacial score (nSPS) is 12.2. The van der Waals surface area contributed by atoms with Gasteiger partial charge in [0, 0.05) is 28.2 Å². The summed E-state index contributed by atoms with van der Waals surface area (Å²) in [5.74, 6) is 1.08. The van der Waals surface area contributed by atoms with Crippen molar-refractivity contribution in [3.63, 3.8) is 0 Å². The van der Waals surface area contributed by atoms with Crippen molar-refractivity contribution in [2.45, 2.75) is 13.0 Å². The molecule has 0 saturated heterocycles. The Morgan fingerprint density at radius 2 is 1.85 bits per heavy atom. The molecule has 2 N–H and O–H groups in total. The number of aromatic nitrogens is 2.